The average Bonchev–Trinajstić information content (AvgIpc) is 3.70. The van der Waals surface area contributed by atoms with Crippen LogP contribution in [0.4, 0.5) is 10.5 Å². The van der Waals surface area contributed by atoms with Gasteiger partial charge in [-0.2, -0.15) is 4.37 Å². The van der Waals surface area contributed by atoms with Crippen molar-refractivity contribution in [2.75, 3.05) is 5.32 Å². The first-order valence-electron chi connectivity index (χ1n) is 13.7. The summed E-state index contributed by atoms with van der Waals surface area (Å²) >= 11 is 7.62. The fraction of sp³-hybridized carbons (Fsp3) is 0.452. The number of carbonyl (C=O) groups excluding carboxylic acids is 1. The summed E-state index contributed by atoms with van der Waals surface area (Å²) in [6, 6.07) is 16.0. The number of carboxylic acid groups (broad SMARTS) is 1. The third-order valence-corrected chi connectivity index (χ3v) is 11.2. The predicted molar refractivity (Wildman–Crippen MR) is 153 cm³/mol. The van der Waals surface area contributed by atoms with Gasteiger partial charge in [0.05, 0.1) is 21.7 Å². The zero-order chi connectivity index (χ0) is 27.4. The lowest BCUT2D eigenvalue weighted by atomic mass is 9.47. The second-order valence-corrected chi connectivity index (χ2v) is 12.9. The third kappa shape index (κ3) is 4.34. The summed E-state index contributed by atoms with van der Waals surface area (Å²) in [5, 5.41) is 13.4. The molecule has 7 rings (SSSR count). The van der Waals surface area contributed by atoms with E-state index in [0.29, 0.717) is 10.7 Å². The first kappa shape index (κ1) is 26.3. The molecule has 3 aromatic rings. The van der Waals surface area contributed by atoms with Crippen LogP contribution in [-0.2, 0) is 14.9 Å². The second-order valence-electron chi connectivity index (χ2n) is 11.7. The Kier molecular flexibility index (Phi) is 6.50. The van der Waals surface area contributed by atoms with Gasteiger partial charge >= 0.3 is 12.1 Å². The van der Waals surface area contributed by atoms with Gasteiger partial charge in [0.2, 0.25) is 0 Å². The van der Waals surface area contributed by atoms with Gasteiger partial charge in [-0.3, -0.25) is 10.1 Å². The van der Waals surface area contributed by atoms with Crippen LogP contribution in [0.25, 0.3) is 10.4 Å². The number of aryl methyl sites for hydroxylation is 1. The molecule has 0 radical (unpaired) electrons. The number of aliphatic carboxylic acids is 1. The molecule has 39 heavy (non-hydrogen) atoms. The van der Waals surface area contributed by atoms with Crippen LogP contribution in [0.1, 0.15) is 81.2 Å². The summed E-state index contributed by atoms with van der Waals surface area (Å²) in [6.45, 7) is 3.67. The van der Waals surface area contributed by atoms with Gasteiger partial charge in [0, 0.05) is 10.6 Å². The molecule has 2 aromatic carbocycles. The van der Waals surface area contributed by atoms with Crippen molar-refractivity contribution in [3.8, 4) is 10.4 Å². The normalized spacial score (nSPS) is 25.6. The van der Waals surface area contributed by atoms with Crippen molar-refractivity contribution < 1.29 is 19.4 Å². The molecular weight excluding hydrogens is 532 g/mol. The number of amides is 1. The van der Waals surface area contributed by atoms with E-state index in [2.05, 4.69) is 34.0 Å². The van der Waals surface area contributed by atoms with E-state index in [1.807, 2.05) is 25.1 Å². The summed E-state index contributed by atoms with van der Waals surface area (Å²) in [5.74, 6) is -0.576. The number of nitrogens with one attached hydrogen (secondary N) is 1. The maximum atomic E-state index is 12.8. The SMILES string of the molecule is Cc1nsc(-c2ccc(C34CCC(C5(C(=O)O)CC5)(CC3)CC4)cc2)c1NC(=O)OC(C)c1ccccc1Cl. The minimum Gasteiger partial charge on any atom is -0.481 e. The van der Waals surface area contributed by atoms with Crippen LogP contribution in [0, 0.1) is 17.8 Å². The Morgan fingerprint density at radius 2 is 1.64 bits per heavy atom. The lowest BCUT2D eigenvalue weighted by Gasteiger charge is -2.56. The van der Waals surface area contributed by atoms with E-state index in [4.69, 9.17) is 16.3 Å². The molecule has 6 nitrogen and oxygen atoms in total. The quantitative estimate of drug-likeness (QED) is 0.300. The van der Waals surface area contributed by atoms with Gasteiger partial charge in [0.25, 0.3) is 0 Å². The summed E-state index contributed by atoms with van der Waals surface area (Å²) in [4.78, 5) is 25.8. The van der Waals surface area contributed by atoms with Gasteiger partial charge in [0.1, 0.15) is 6.10 Å². The number of carboxylic acids is 1. The molecule has 8 heteroatoms. The van der Waals surface area contributed by atoms with Crippen LogP contribution in [-0.4, -0.2) is 21.5 Å². The number of carbonyl (C=O) groups is 2. The maximum Gasteiger partial charge on any atom is 0.412 e. The number of fused-ring (bicyclic) bond motifs is 3. The van der Waals surface area contributed by atoms with E-state index in [1.54, 1.807) is 13.0 Å². The van der Waals surface area contributed by atoms with Crippen molar-refractivity contribution in [1.29, 1.82) is 0 Å². The van der Waals surface area contributed by atoms with Gasteiger partial charge in [0.15, 0.2) is 0 Å². The van der Waals surface area contributed by atoms with Gasteiger partial charge in [-0.05, 0) is 105 Å². The fourth-order valence-corrected chi connectivity index (χ4v) is 8.42. The Hall–Kier alpha value is -2.90. The topological polar surface area (TPSA) is 88.5 Å². The number of nitrogens with zero attached hydrogens (tertiary/aromatic N) is 1. The number of rotatable bonds is 7. The number of hydrogen-bond acceptors (Lipinski definition) is 5. The van der Waals surface area contributed by atoms with E-state index in [-0.39, 0.29) is 10.8 Å². The van der Waals surface area contributed by atoms with E-state index in [0.717, 1.165) is 73.1 Å². The highest BCUT2D eigenvalue weighted by Gasteiger charge is 2.67. The molecule has 1 aromatic heterocycles. The van der Waals surface area contributed by atoms with Gasteiger partial charge in [-0.15, -0.1) is 0 Å². The predicted octanol–water partition coefficient (Wildman–Crippen LogP) is 8.54. The summed E-state index contributed by atoms with van der Waals surface area (Å²) < 4.78 is 10.1. The highest BCUT2D eigenvalue weighted by atomic mass is 35.5. The number of hydrogen-bond donors (Lipinski definition) is 2. The lowest BCUT2D eigenvalue weighted by molar-refractivity contribution is -0.154. The molecule has 4 aliphatic rings. The maximum absolute atomic E-state index is 12.8. The molecule has 1 amide bonds. The molecule has 2 bridgehead atoms. The molecule has 0 spiro atoms. The standard InChI is InChI=1S/C31H33ClN2O4S/c1-19-25(33-28(37)38-20(2)23-5-3-4-6-24(23)32)26(39-34-19)21-7-9-22(10-8-21)29-11-14-30(15-12-29,16-13-29)31(17-18-31)27(35)36/h3-10,20H,11-18H2,1-2H3,(H,33,37)(H,35,36). The lowest BCUT2D eigenvalue weighted by Crippen LogP contribution is -2.50. The smallest absolute Gasteiger partial charge is 0.412 e. The van der Waals surface area contributed by atoms with Crippen molar-refractivity contribution in [2.45, 2.75) is 76.7 Å². The molecule has 204 valence electrons. The first-order valence-corrected chi connectivity index (χ1v) is 14.9. The molecule has 4 saturated carbocycles. The van der Waals surface area contributed by atoms with Crippen LogP contribution >= 0.6 is 23.1 Å². The van der Waals surface area contributed by atoms with Crippen molar-refractivity contribution >= 4 is 40.9 Å². The molecule has 1 atom stereocenters. The second kappa shape index (κ2) is 9.63. The van der Waals surface area contributed by atoms with Crippen LogP contribution in [0.5, 0.6) is 0 Å². The van der Waals surface area contributed by atoms with Crippen molar-refractivity contribution in [1.82, 2.24) is 4.37 Å². The third-order valence-electron chi connectivity index (χ3n) is 9.90. The molecular formula is C31H33ClN2O4S. The largest absolute Gasteiger partial charge is 0.481 e. The number of anilines is 1. The van der Waals surface area contributed by atoms with Crippen LogP contribution < -0.4 is 5.32 Å². The summed E-state index contributed by atoms with van der Waals surface area (Å²) in [5.41, 5.74) is 4.17. The first-order chi connectivity index (χ1) is 18.7. The number of ether oxygens (including phenoxy) is 1. The van der Waals surface area contributed by atoms with E-state index in [1.165, 1.54) is 17.1 Å². The van der Waals surface area contributed by atoms with E-state index in [9.17, 15) is 14.7 Å². The van der Waals surface area contributed by atoms with Crippen molar-refractivity contribution in [3.05, 3.63) is 70.4 Å². The number of halogens is 1. The Labute approximate surface area is 237 Å². The minimum atomic E-state index is -0.576. The van der Waals surface area contributed by atoms with E-state index < -0.39 is 23.6 Å². The van der Waals surface area contributed by atoms with Crippen molar-refractivity contribution in [3.63, 3.8) is 0 Å². The Morgan fingerprint density at radius 1 is 1.00 bits per heavy atom. The fourth-order valence-electron chi connectivity index (χ4n) is 7.28. The van der Waals surface area contributed by atoms with E-state index >= 15 is 0 Å². The molecule has 4 aliphatic carbocycles. The van der Waals surface area contributed by atoms with Crippen LogP contribution in [0.3, 0.4) is 0 Å². The Balaban J connectivity index is 1.16. The molecule has 1 unspecified atom stereocenters. The molecule has 0 saturated heterocycles. The average molecular weight is 565 g/mol. The van der Waals surface area contributed by atoms with Gasteiger partial charge in [-0.25, -0.2) is 4.79 Å². The van der Waals surface area contributed by atoms with Crippen LogP contribution in [0.2, 0.25) is 5.02 Å². The molecule has 0 aliphatic heterocycles. The summed E-state index contributed by atoms with van der Waals surface area (Å²) in [6.07, 6.45) is 6.86. The molecule has 4 fully saturated rings. The highest BCUT2D eigenvalue weighted by molar-refractivity contribution is 7.10. The van der Waals surface area contributed by atoms with Crippen molar-refractivity contribution in [2.24, 2.45) is 10.8 Å². The molecule has 1 heterocycles. The zero-order valence-electron chi connectivity index (χ0n) is 22.3. The van der Waals surface area contributed by atoms with Gasteiger partial charge in [-0.1, -0.05) is 54.1 Å². The number of aromatic nitrogens is 1. The zero-order valence-corrected chi connectivity index (χ0v) is 23.8. The Morgan fingerprint density at radius 3 is 2.23 bits per heavy atom. The monoisotopic (exact) mass is 564 g/mol. The van der Waals surface area contributed by atoms with Gasteiger partial charge < -0.3 is 9.84 Å². The number of benzene rings is 2. The highest BCUT2D eigenvalue weighted by Crippen LogP contribution is 2.71. The van der Waals surface area contributed by atoms with Crippen LogP contribution in [0.15, 0.2) is 48.5 Å². The summed E-state index contributed by atoms with van der Waals surface area (Å²) in [7, 11) is 0. The minimum absolute atomic E-state index is 0.000784. The molecule has 2 N–H and O–H groups in total. The Bertz CT molecular complexity index is 1400.